The molecule has 0 spiro atoms. The number of hydrogen-bond acceptors (Lipinski definition) is 5. The zero-order valence-corrected chi connectivity index (χ0v) is 36.6. The van der Waals surface area contributed by atoms with Crippen molar-refractivity contribution in [2.24, 2.45) is 0 Å². The van der Waals surface area contributed by atoms with E-state index in [-0.39, 0.29) is 0 Å². The monoisotopic (exact) mass is 869 g/mol. The van der Waals surface area contributed by atoms with Crippen LogP contribution in [0.2, 0.25) is 0 Å². The van der Waals surface area contributed by atoms with Crippen LogP contribution < -0.4 is 0 Å². The average molecular weight is 870 g/mol. The Balaban J connectivity index is 1.16. The molecule has 0 aliphatic heterocycles. The third-order valence-corrected chi connectivity index (χ3v) is 12.8. The van der Waals surface area contributed by atoms with Crippen LogP contribution in [0.15, 0.2) is 237 Å². The van der Waals surface area contributed by atoms with Crippen molar-refractivity contribution in [2.45, 2.75) is 0 Å². The summed E-state index contributed by atoms with van der Waals surface area (Å²) in [5.74, 6) is 2.38. The molecule has 0 aliphatic rings. The van der Waals surface area contributed by atoms with Gasteiger partial charge in [0.2, 0.25) is 0 Å². The van der Waals surface area contributed by atoms with Crippen molar-refractivity contribution in [1.29, 1.82) is 0 Å². The average Bonchev–Trinajstić information content (AvgIpc) is 3.95. The molecule has 0 saturated carbocycles. The van der Waals surface area contributed by atoms with E-state index < -0.39 is 0 Å². The summed E-state index contributed by atoms with van der Waals surface area (Å²) in [7, 11) is 0. The van der Waals surface area contributed by atoms with E-state index in [9.17, 15) is 0 Å². The van der Waals surface area contributed by atoms with Crippen molar-refractivity contribution in [1.82, 2.24) is 34.1 Å². The summed E-state index contributed by atoms with van der Waals surface area (Å²) in [6, 6.07) is 82.1. The number of aromatic nitrogens is 7. The summed E-state index contributed by atoms with van der Waals surface area (Å²) < 4.78 is 4.86. The standard InChI is InChI=1S/C61H39N7/c1-6-20-40(21-7-1)51-39-52(63-58(62-51)41-22-8-2-9-23-41)50-38-44(61-65-59(42-24-10-3-11-25-42)64-60(66-61)43-26-12-4-13-27-43)34-37-55(50)68-54-33-19-17-31-47(54)49-36-35-48-46-30-16-18-32-53(46)67(56(48)57(49)68)45-28-14-5-15-29-45/h1-39H. The molecule has 0 atom stereocenters. The summed E-state index contributed by atoms with van der Waals surface area (Å²) in [6.07, 6.45) is 0. The third-order valence-electron chi connectivity index (χ3n) is 12.8. The van der Waals surface area contributed by atoms with Crippen LogP contribution in [-0.2, 0) is 0 Å². The van der Waals surface area contributed by atoms with Gasteiger partial charge in [-0.1, -0.05) is 188 Å². The minimum Gasteiger partial charge on any atom is -0.307 e. The molecule has 7 nitrogen and oxygen atoms in total. The Kier molecular flexibility index (Phi) is 9.35. The van der Waals surface area contributed by atoms with E-state index in [1.165, 1.54) is 10.8 Å². The van der Waals surface area contributed by atoms with Gasteiger partial charge in [-0.25, -0.2) is 24.9 Å². The Morgan fingerprint density at radius 2 is 0.676 bits per heavy atom. The molecule has 0 radical (unpaired) electrons. The molecule has 13 aromatic rings. The predicted octanol–water partition coefficient (Wildman–Crippen LogP) is 14.9. The number of fused-ring (bicyclic) bond motifs is 7. The predicted molar refractivity (Wildman–Crippen MR) is 277 cm³/mol. The van der Waals surface area contributed by atoms with Gasteiger partial charge in [0.05, 0.1) is 39.1 Å². The molecule has 0 aliphatic carbocycles. The zero-order valence-electron chi connectivity index (χ0n) is 36.6. The van der Waals surface area contributed by atoms with Gasteiger partial charge < -0.3 is 9.13 Å². The van der Waals surface area contributed by atoms with Gasteiger partial charge in [0.1, 0.15) is 0 Å². The lowest BCUT2D eigenvalue weighted by atomic mass is 10.0. The Hall–Kier alpha value is -9.33. The van der Waals surface area contributed by atoms with Gasteiger partial charge in [0, 0.05) is 60.6 Å². The molecular formula is C61H39N7. The quantitative estimate of drug-likeness (QED) is 0.152. The van der Waals surface area contributed by atoms with Gasteiger partial charge in [-0.2, -0.15) is 0 Å². The SMILES string of the molecule is c1ccc(-c2cc(-c3cc(-c4nc(-c5ccccc5)nc(-c5ccccc5)n4)ccc3-n3c4ccccc4c4ccc5c6ccccc6n(-c6ccccc6)c5c43)nc(-c3ccccc3)n2)cc1. The van der Waals surface area contributed by atoms with Gasteiger partial charge in [0.15, 0.2) is 23.3 Å². The topological polar surface area (TPSA) is 74.3 Å². The molecule has 0 unspecified atom stereocenters. The highest BCUT2D eigenvalue weighted by Crippen LogP contribution is 2.44. The fourth-order valence-electron chi connectivity index (χ4n) is 9.67. The molecule has 0 fully saturated rings. The lowest BCUT2D eigenvalue weighted by molar-refractivity contribution is 1.07. The Labute approximate surface area is 392 Å². The molecule has 4 aromatic heterocycles. The van der Waals surface area contributed by atoms with E-state index >= 15 is 0 Å². The van der Waals surface area contributed by atoms with E-state index in [2.05, 4.69) is 161 Å². The van der Waals surface area contributed by atoms with E-state index in [4.69, 9.17) is 24.9 Å². The molecule has 4 heterocycles. The van der Waals surface area contributed by atoms with Crippen molar-refractivity contribution in [3.05, 3.63) is 237 Å². The number of hydrogen-bond donors (Lipinski definition) is 0. The number of para-hydroxylation sites is 3. The van der Waals surface area contributed by atoms with Crippen LogP contribution in [0.4, 0.5) is 0 Å². The normalized spacial score (nSPS) is 11.5. The van der Waals surface area contributed by atoms with Crippen LogP contribution in [0, 0.1) is 0 Å². The van der Waals surface area contributed by atoms with Crippen molar-refractivity contribution >= 4 is 43.6 Å². The van der Waals surface area contributed by atoms with Crippen molar-refractivity contribution in [3.63, 3.8) is 0 Å². The maximum Gasteiger partial charge on any atom is 0.164 e. The summed E-state index contributed by atoms with van der Waals surface area (Å²) in [4.78, 5) is 26.1. The fraction of sp³-hybridized carbons (Fsp3) is 0. The van der Waals surface area contributed by atoms with Gasteiger partial charge in [-0.05, 0) is 48.5 Å². The number of benzene rings is 9. The highest BCUT2D eigenvalue weighted by Gasteiger charge is 2.24. The highest BCUT2D eigenvalue weighted by molar-refractivity contribution is 6.24. The molecule has 0 amide bonds. The largest absolute Gasteiger partial charge is 0.307 e. The van der Waals surface area contributed by atoms with Gasteiger partial charge >= 0.3 is 0 Å². The zero-order chi connectivity index (χ0) is 45.0. The van der Waals surface area contributed by atoms with Crippen LogP contribution in [0.3, 0.4) is 0 Å². The van der Waals surface area contributed by atoms with Crippen molar-refractivity contribution in [3.8, 4) is 79.4 Å². The summed E-state index contributed by atoms with van der Waals surface area (Å²) in [5, 5.41) is 4.67. The molecule has 68 heavy (non-hydrogen) atoms. The second-order valence-electron chi connectivity index (χ2n) is 16.9. The summed E-state index contributed by atoms with van der Waals surface area (Å²) in [5.41, 5.74) is 13.5. The molecule has 0 N–H and O–H groups in total. The third kappa shape index (κ3) is 6.64. The first-order valence-electron chi connectivity index (χ1n) is 22.8. The molecule has 9 aromatic carbocycles. The molecule has 0 saturated heterocycles. The van der Waals surface area contributed by atoms with Crippen LogP contribution in [0.5, 0.6) is 0 Å². The van der Waals surface area contributed by atoms with E-state index in [1.54, 1.807) is 0 Å². The Morgan fingerprint density at radius 3 is 1.22 bits per heavy atom. The summed E-state index contributed by atoms with van der Waals surface area (Å²) >= 11 is 0. The van der Waals surface area contributed by atoms with E-state index in [0.29, 0.717) is 23.3 Å². The van der Waals surface area contributed by atoms with Crippen molar-refractivity contribution < 1.29 is 0 Å². The maximum atomic E-state index is 5.47. The molecule has 0 bridgehead atoms. The second-order valence-corrected chi connectivity index (χ2v) is 16.9. The van der Waals surface area contributed by atoms with Crippen LogP contribution >= 0.6 is 0 Å². The van der Waals surface area contributed by atoms with Gasteiger partial charge in [0.25, 0.3) is 0 Å². The Bertz CT molecular complexity index is 3880. The lowest BCUT2D eigenvalue weighted by Gasteiger charge is -2.18. The van der Waals surface area contributed by atoms with Crippen LogP contribution in [-0.4, -0.2) is 34.1 Å². The number of nitrogens with zero attached hydrogens (tertiary/aromatic N) is 7. The molecule has 318 valence electrons. The smallest absolute Gasteiger partial charge is 0.164 e. The van der Waals surface area contributed by atoms with Gasteiger partial charge in [-0.3, -0.25) is 0 Å². The second kappa shape index (κ2) is 16.3. The van der Waals surface area contributed by atoms with Crippen LogP contribution in [0.1, 0.15) is 0 Å². The molecular weight excluding hydrogens is 831 g/mol. The van der Waals surface area contributed by atoms with Crippen LogP contribution in [0.25, 0.3) is 123 Å². The highest BCUT2D eigenvalue weighted by atomic mass is 15.1. The first-order chi connectivity index (χ1) is 33.7. The van der Waals surface area contributed by atoms with E-state index in [1.807, 2.05) is 84.9 Å². The minimum absolute atomic E-state index is 0.556. The first-order valence-corrected chi connectivity index (χ1v) is 22.8. The fourth-order valence-corrected chi connectivity index (χ4v) is 9.67. The van der Waals surface area contributed by atoms with E-state index in [0.717, 1.165) is 89.0 Å². The minimum atomic E-state index is 0.556. The first kappa shape index (κ1) is 39.1. The number of rotatable bonds is 8. The van der Waals surface area contributed by atoms with Crippen molar-refractivity contribution in [2.75, 3.05) is 0 Å². The Morgan fingerprint density at radius 1 is 0.265 bits per heavy atom. The summed E-state index contributed by atoms with van der Waals surface area (Å²) in [6.45, 7) is 0. The molecule has 13 rings (SSSR count). The maximum absolute atomic E-state index is 5.47. The lowest BCUT2D eigenvalue weighted by Crippen LogP contribution is -2.04. The van der Waals surface area contributed by atoms with Gasteiger partial charge in [-0.15, -0.1) is 0 Å². The molecule has 7 heteroatoms.